The monoisotopic (exact) mass is 285 g/mol. The van der Waals surface area contributed by atoms with Crippen LogP contribution in [-0.2, 0) is 6.54 Å². The number of nitrogens with one attached hydrogen (secondary N) is 2. The highest BCUT2D eigenvalue weighted by molar-refractivity contribution is 5.41. The lowest BCUT2D eigenvalue weighted by atomic mass is 10.1. The maximum absolute atomic E-state index is 4.52. The molecule has 2 aromatic heterocycles. The molecule has 1 unspecified atom stereocenters. The van der Waals surface area contributed by atoms with Crippen molar-refractivity contribution >= 4 is 5.82 Å². The molecule has 0 aliphatic carbocycles. The largest absolute Gasteiger partial charge is 0.357 e. The van der Waals surface area contributed by atoms with E-state index in [0.717, 1.165) is 31.3 Å². The Morgan fingerprint density at radius 2 is 2.10 bits per heavy atom. The summed E-state index contributed by atoms with van der Waals surface area (Å²) in [6, 6.07) is 4.49. The zero-order valence-electron chi connectivity index (χ0n) is 12.5. The molecule has 0 aromatic carbocycles. The number of anilines is 1. The molecule has 0 amide bonds. The van der Waals surface area contributed by atoms with E-state index in [-0.39, 0.29) is 6.04 Å². The third-order valence-electron chi connectivity index (χ3n) is 4.03. The summed E-state index contributed by atoms with van der Waals surface area (Å²) in [7, 11) is 0. The smallest absolute Gasteiger partial charge is 0.128 e. The lowest BCUT2D eigenvalue weighted by Crippen LogP contribution is -2.30. The van der Waals surface area contributed by atoms with Crippen LogP contribution in [0.5, 0.6) is 0 Å². The molecular formula is C16H23N5. The molecule has 0 bridgehead atoms. The molecule has 5 nitrogen and oxygen atoms in total. The Labute approximate surface area is 125 Å². The molecule has 3 heterocycles. The molecule has 3 rings (SSSR count). The number of aromatic nitrogens is 3. The number of hydrogen-bond donors (Lipinski definition) is 2. The molecule has 0 radical (unpaired) electrons. The Hall–Kier alpha value is -1.88. The third kappa shape index (κ3) is 3.61. The van der Waals surface area contributed by atoms with Crippen LogP contribution in [0.2, 0.25) is 0 Å². The van der Waals surface area contributed by atoms with Gasteiger partial charge in [0.15, 0.2) is 0 Å². The summed E-state index contributed by atoms with van der Waals surface area (Å²) < 4.78 is 0. The number of imidazole rings is 1. The molecule has 0 spiro atoms. The van der Waals surface area contributed by atoms with Crippen LogP contribution in [0.1, 0.15) is 43.6 Å². The summed E-state index contributed by atoms with van der Waals surface area (Å²) in [6.45, 7) is 5.20. The molecule has 1 saturated heterocycles. The fourth-order valence-corrected chi connectivity index (χ4v) is 2.75. The van der Waals surface area contributed by atoms with Crippen molar-refractivity contribution in [2.24, 2.45) is 0 Å². The second-order valence-corrected chi connectivity index (χ2v) is 5.65. The van der Waals surface area contributed by atoms with Crippen molar-refractivity contribution in [2.45, 2.75) is 38.8 Å². The van der Waals surface area contributed by atoms with Gasteiger partial charge in [-0.15, -0.1) is 0 Å². The van der Waals surface area contributed by atoms with E-state index in [2.05, 4.69) is 44.2 Å². The van der Waals surface area contributed by atoms with Gasteiger partial charge in [-0.1, -0.05) is 0 Å². The van der Waals surface area contributed by atoms with Gasteiger partial charge in [-0.2, -0.15) is 0 Å². The first-order valence-electron chi connectivity index (χ1n) is 7.75. The van der Waals surface area contributed by atoms with Crippen molar-refractivity contribution in [3.63, 3.8) is 0 Å². The van der Waals surface area contributed by atoms with Crippen LogP contribution in [-0.4, -0.2) is 28.0 Å². The van der Waals surface area contributed by atoms with E-state index in [0.29, 0.717) is 0 Å². The molecule has 1 atom stereocenters. The average Bonchev–Trinajstić information content (AvgIpc) is 3.08. The summed E-state index contributed by atoms with van der Waals surface area (Å²) in [5, 5.41) is 3.49. The minimum atomic E-state index is 0.214. The first kappa shape index (κ1) is 14.1. The van der Waals surface area contributed by atoms with E-state index in [9.17, 15) is 0 Å². The normalized spacial score (nSPS) is 16.9. The SMILES string of the molecule is CC(NCc1ccnc(N2CCCCC2)c1)c1ncc[nH]1. The number of pyridine rings is 1. The third-order valence-corrected chi connectivity index (χ3v) is 4.03. The minimum absolute atomic E-state index is 0.214. The predicted molar refractivity (Wildman–Crippen MR) is 84.1 cm³/mol. The molecule has 21 heavy (non-hydrogen) atoms. The van der Waals surface area contributed by atoms with E-state index >= 15 is 0 Å². The Morgan fingerprint density at radius 3 is 2.86 bits per heavy atom. The quantitative estimate of drug-likeness (QED) is 0.886. The molecule has 112 valence electrons. The standard InChI is InChI=1S/C16H23N5/c1-13(16-18-7-8-19-16)20-12-14-5-6-17-15(11-14)21-9-3-2-4-10-21/h5-8,11,13,20H,2-4,9-10,12H2,1H3,(H,18,19). The van der Waals surface area contributed by atoms with Crippen molar-refractivity contribution in [2.75, 3.05) is 18.0 Å². The van der Waals surface area contributed by atoms with Gasteiger partial charge in [0.05, 0.1) is 6.04 Å². The number of nitrogens with zero attached hydrogens (tertiary/aromatic N) is 3. The Kier molecular flexibility index (Phi) is 4.50. The summed E-state index contributed by atoms with van der Waals surface area (Å²) in [6.07, 6.45) is 9.46. The Balaban J connectivity index is 1.60. The summed E-state index contributed by atoms with van der Waals surface area (Å²) in [5.41, 5.74) is 1.27. The van der Waals surface area contributed by atoms with E-state index in [4.69, 9.17) is 0 Å². The highest BCUT2D eigenvalue weighted by atomic mass is 15.2. The Bertz CT molecular complexity index is 546. The number of hydrogen-bond acceptors (Lipinski definition) is 4. The van der Waals surface area contributed by atoms with Gasteiger partial charge in [-0.05, 0) is 43.9 Å². The van der Waals surface area contributed by atoms with Crippen LogP contribution in [0, 0.1) is 0 Å². The molecular weight excluding hydrogens is 262 g/mol. The molecule has 2 aromatic rings. The van der Waals surface area contributed by atoms with Gasteiger partial charge in [-0.3, -0.25) is 0 Å². The lowest BCUT2D eigenvalue weighted by Gasteiger charge is -2.28. The summed E-state index contributed by atoms with van der Waals surface area (Å²) in [4.78, 5) is 14.3. The van der Waals surface area contributed by atoms with Crippen molar-refractivity contribution < 1.29 is 0 Å². The van der Waals surface area contributed by atoms with Gasteiger partial charge < -0.3 is 15.2 Å². The van der Waals surface area contributed by atoms with Crippen LogP contribution in [0.3, 0.4) is 0 Å². The second-order valence-electron chi connectivity index (χ2n) is 5.65. The molecule has 1 aliphatic heterocycles. The van der Waals surface area contributed by atoms with Crippen LogP contribution in [0.25, 0.3) is 0 Å². The van der Waals surface area contributed by atoms with Crippen molar-refractivity contribution in [1.29, 1.82) is 0 Å². The second kappa shape index (κ2) is 6.72. The maximum Gasteiger partial charge on any atom is 0.128 e. The molecule has 1 aliphatic rings. The number of rotatable bonds is 5. The Morgan fingerprint density at radius 1 is 1.24 bits per heavy atom. The van der Waals surface area contributed by atoms with Crippen molar-refractivity contribution in [3.05, 3.63) is 42.1 Å². The van der Waals surface area contributed by atoms with Gasteiger partial charge in [0.25, 0.3) is 0 Å². The van der Waals surface area contributed by atoms with E-state index in [1.165, 1.54) is 24.8 Å². The van der Waals surface area contributed by atoms with Gasteiger partial charge in [0, 0.05) is 38.2 Å². The van der Waals surface area contributed by atoms with Crippen LogP contribution in [0.4, 0.5) is 5.82 Å². The zero-order valence-corrected chi connectivity index (χ0v) is 12.5. The van der Waals surface area contributed by atoms with E-state index in [1.54, 1.807) is 6.20 Å². The predicted octanol–water partition coefficient (Wildman–Crippen LogP) is 2.65. The van der Waals surface area contributed by atoms with Crippen molar-refractivity contribution in [1.82, 2.24) is 20.3 Å². The molecule has 0 saturated carbocycles. The number of piperidine rings is 1. The van der Waals surface area contributed by atoms with Gasteiger partial charge in [-0.25, -0.2) is 9.97 Å². The lowest BCUT2D eigenvalue weighted by molar-refractivity contribution is 0.549. The summed E-state index contributed by atoms with van der Waals surface area (Å²) in [5.74, 6) is 2.08. The topological polar surface area (TPSA) is 56.8 Å². The summed E-state index contributed by atoms with van der Waals surface area (Å²) >= 11 is 0. The highest BCUT2D eigenvalue weighted by Gasteiger charge is 2.12. The molecule has 2 N–H and O–H groups in total. The van der Waals surface area contributed by atoms with Crippen LogP contribution in [0.15, 0.2) is 30.7 Å². The van der Waals surface area contributed by atoms with Gasteiger partial charge in [0.2, 0.25) is 0 Å². The highest BCUT2D eigenvalue weighted by Crippen LogP contribution is 2.18. The fraction of sp³-hybridized carbons (Fsp3) is 0.500. The van der Waals surface area contributed by atoms with Crippen molar-refractivity contribution in [3.8, 4) is 0 Å². The maximum atomic E-state index is 4.52. The van der Waals surface area contributed by atoms with Crippen LogP contribution < -0.4 is 10.2 Å². The van der Waals surface area contributed by atoms with Crippen LogP contribution >= 0.6 is 0 Å². The van der Waals surface area contributed by atoms with E-state index < -0.39 is 0 Å². The number of aromatic amines is 1. The van der Waals surface area contributed by atoms with Gasteiger partial charge >= 0.3 is 0 Å². The zero-order chi connectivity index (χ0) is 14.5. The average molecular weight is 285 g/mol. The fourth-order valence-electron chi connectivity index (χ4n) is 2.75. The first-order valence-corrected chi connectivity index (χ1v) is 7.75. The number of H-pyrrole nitrogens is 1. The van der Waals surface area contributed by atoms with E-state index in [1.807, 2.05) is 12.4 Å². The minimum Gasteiger partial charge on any atom is -0.357 e. The first-order chi connectivity index (χ1) is 10.3. The molecule has 5 heteroatoms. The van der Waals surface area contributed by atoms with Gasteiger partial charge in [0.1, 0.15) is 11.6 Å². The molecule has 1 fully saturated rings.